The van der Waals surface area contributed by atoms with E-state index in [4.69, 9.17) is 11.6 Å². The first kappa shape index (κ1) is 14.8. The van der Waals surface area contributed by atoms with Crippen LogP contribution in [0.3, 0.4) is 0 Å². The summed E-state index contributed by atoms with van der Waals surface area (Å²) in [5, 5.41) is 12.5. The maximum absolute atomic E-state index is 13.5. The highest BCUT2D eigenvalue weighted by Crippen LogP contribution is 2.26. The molecule has 1 amide bonds. The molecular formula is C14H10BrClFNO2. The first-order chi connectivity index (χ1) is 9.38. The molecule has 0 bridgehead atoms. The van der Waals surface area contributed by atoms with E-state index in [9.17, 15) is 14.3 Å². The van der Waals surface area contributed by atoms with Crippen LogP contribution in [0.2, 0.25) is 5.02 Å². The van der Waals surface area contributed by atoms with Crippen LogP contribution in [0.5, 0.6) is 5.75 Å². The largest absolute Gasteiger partial charge is 0.507 e. The topological polar surface area (TPSA) is 49.3 Å². The second-order valence-electron chi connectivity index (χ2n) is 4.20. The molecule has 2 aromatic rings. The predicted molar refractivity (Wildman–Crippen MR) is 79.9 cm³/mol. The number of nitrogens with one attached hydrogen (secondary N) is 1. The molecule has 0 atom stereocenters. The van der Waals surface area contributed by atoms with Crippen LogP contribution in [0.25, 0.3) is 0 Å². The number of phenols is 1. The Morgan fingerprint density at radius 1 is 1.35 bits per heavy atom. The van der Waals surface area contributed by atoms with Crippen LogP contribution in [0.15, 0.2) is 34.8 Å². The van der Waals surface area contributed by atoms with Gasteiger partial charge in [-0.1, -0.05) is 11.6 Å². The standard InChI is InChI=1S/C14H10BrClFNO2/c1-7-4-10(15)11(17)6-12(7)18-14(20)9-5-8(16)2-3-13(9)19/h2-6,19H,1H3,(H,18,20). The fourth-order valence-electron chi connectivity index (χ4n) is 1.66. The first-order valence-corrected chi connectivity index (χ1v) is 6.81. The fourth-order valence-corrected chi connectivity index (χ4v) is 2.29. The zero-order chi connectivity index (χ0) is 14.9. The van der Waals surface area contributed by atoms with Crippen LogP contribution in [-0.2, 0) is 0 Å². The Kier molecular flexibility index (Phi) is 4.30. The van der Waals surface area contributed by atoms with Gasteiger partial charge in [0, 0.05) is 10.7 Å². The number of rotatable bonds is 2. The lowest BCUT2D eigenvalue weighted by Crippen LogP contribution is -2.13. The number of anilines is 1. The average molecular weight is 359 g/mol. The molecule has 0 spiro atoms. The minimum Gasteiger partial charge on any atom is -0.507 e. The molecule has 0 heterocycles. The lowest BCUT2D eigenvalue weighted by atomic mass is 10.1. The maximum Gasteiger partial charge on any atom is 0.259 e. The predicted octanol–water partition coefficient (Wildman–Crippen LogP) is 4.51. The van der Waals surface area contributed by atoms with Crippen molar-refractivity contribution in [2.24, 2.45) is 0 Å². The van der Waals surface area contributed by atoms with E-state index in [1.165, 1.54) is 24.3 Å². The molecule has 2 N–H and O–H groups in total. The van der Waals surface area contributed by atoms with Crippen molar-refractivity contribution >= 4 is 39.1 Å². The molecule has 0 saturated carbocycles. The number of halogens is 3. The summed E-state index contributed by atoms with van der Waals surface area (Å²) in [7, 11) is 0. The Morgan fingerprint density at radius 3 is 2.75 bits per heavy atom. The molecule has 0 radical (unpaired) electrons. The molecule has 104 valence electrons. The van der Waals surface area contributed by atoms with Crippen molar-refractivity contribution in [3.63, 3.8) is 0 Å². The fraction of sp³-hybridized carbons (Fsp3) is 0.0714. The van der Waals surface area contributed by atoms with Gasteiger partial charge in [0.2, 0.25) is 0 Å². The van der Waals surface area contributed by atoms with Gasteiger partial charge in [-0.05, 0) is 58.7 Å². The van der Waals surface area contributed by atoms with Crippen molar-refractivity contribution in [1.29, 1.82) is 0 Å². The van der Waals surface area contributed by atoms with Crippen molar-refractivity contribution in [1.82, 2.24) is 0 Å². The molecule has 0 aliphatic heterocycles. The summed E-state index contributed by atoms with van der Waals surface area (Å²) in [5.74, 6) is -1.24. The molecule has 0 aliphatic carbocycles. The highest BCUT2D eigenvalue weighted by Gasteiger charge is 2.14. The number of aryl methyl sites for hydroxylation is 1. The zero-order valence-corrected chi connectivity index (χ0v) is 12.7. The third-order valence-corrected chi connectivity index (χ3v) is 3.56. The molecule has 6 heteroatoms. The number of amides is 1. The second-order valence-corrected chi connectivity index (χ2v) is 5.49. The van der Waals surface area contributed by atoms with E-state index in [2.05, 4.69) is 21.2 Å². The molecule has 0 aliphatic rings. The summed E-state index contributed by atoms with van der Waals surface area (Å²) in [6.45, 7) is 1.73. The number of carbonyl (C=O) groups is 1. The number of benzene rings is 2. The van der Waals surface area contributed by atoms with Crippen LogP contribution in [0, 0.1) is 12.7 Å². The normalized spacial score (nSPS) is 10.4. The van der Waals surface area contributed by atoms with Gasteiger partial charge in [0.1, 0.15) is 11.6 Å². The summed E-state index contributed by atoms with van der Waals surface area (Å²) >= 11 is 8.85. The molecule has 3 nitrogen and oxygen atoms in total. The lowest BCUT2D eigenvalue weighted by Gasteiger charge is -2.10. The summed E-state index contributed by atoms with van der Waals surface area (Å²) in [4.78, 5) is 12.1. The second kappa shape index (κ2) is 5.81. The number of hydrogen-bond donors (Lipinski definition) is 2. The van der Waals surface area contributed by atoms with Crippen molar-refractivity contribution < 1.29 is 14.3 Å². The minimum absolute atomic E-state index is 0.0280. The summed E-state index contributed by atoms with van der Waals surface area (Å²) < 4.78 is 13.8. The highest BCUT2D eigenvalue weighted by atomic mass is 79.9. The molecule has 20 heavy (non-hydrogen) atoms. The third-order valence-electron chi connectivity index (χ3n) is 2.72. The van der Waals surface area contributed by atoms with Gasteiger partial charge in [0.05, 0.1) is 10.0 Å². The van der Waals surface area contributed by atoms with Crippen molar-refractivity contribution in [2.75, 3.05) is 5.32 Å². The van der Waals surface area contributed by atoms with Crippen molar-refractivity contribution in [3.8, 4) is 5.75 Å². The van der Waals surface area contributed by atoms with E-state index in [1.54, 1.807) is 13.0 Å². The molecule has 0 unspecified atom stereocenters. The van der Waals surface area contributed by atoms with Crippen molar-refractivity contribution in [2.45, 2.75) is 6.92 Å². The average Bonchev–Trinajstić information content (AvgIpc) is 2.38. The van der Waals surface area contributed by atoms with E-state index in [0.29, 0.717) is 20.7 Å². The molecular weight excluding hydrogens is 349 g/mol. The van der Waals surface area contributed by atoms with Crippen molar-refractivity contribution in [3.05, 3.63) is 56.8 Å². The van der Waals surface area contributed by atoms with E-state index >= 15 is 0 Å². The Bertz CT molecular complexity index is 691. The molecule has 2 aromatic carbocycles. The molecule has 0 aromatic heterocycles. The third kappa shape index (κ3) is 3.11. The van der Waals surface area contributed by atoms with Gasteiger partial charge in [-0.3, -0.25) is 4.79 Å². The van der Waals surface area contributed by atoms with Crippen LogP contribution >= 0.6 is 27.5 Å². The Labute approximate surface area is 128 Å². The monoisotopic (exact) mass is 357 g/mol. The van der Waals surface area contributed by atoms with Crippen LogP contribution in [0.4, 0.5) is 10.1 Å². The highest BCUT2D eigenvalue weighted by molar-refractivity contribution is 9.10. The minimum atomic E-state index is -0.560. The lowest BCUT2D eigenvalue weighted by molar-refractivity contribution is 0.102. The van der Waals surface area contributed by atoms with Crippen LogP contribution < -0.4 is 5.32 Å². The number of hydrogen-bond acceptors (Lipinski definition) is 2. The van der Waals surface area contributed by atoms with Gasteiger partial charge in [-0.15, -0.1) is 0 Å². The number of carbonyl (C=O) groups excluding carboxylic acids is 1. The maximum atomic E-state index is 13.5. The van der Waals surface area contributed by atoms with Gasteiger partial charge in [-0.25, -0.2) is 4.39 Å². The summed E-state index contributed by atoms with van der Waals surface area (Å²) in [6, 6.07) is 6.91. The molecule has 0 saturated heterocycles. The zero-order valence-electron chi connectivity index (χ0n) is 10.4. The van der Waals surface area contributed by atoms with E-state index in [1.807, 2.05) is 0 Å². The smallest absolute Gasteiger partial charge is 0.259 e. The van der Waals surface area contributed by atoms with Crippen LogP contribution in [-0.4, -0.2) is 11.0 Å². The van der Waals surface area contributed by atoms with Crippen LogP contribution in [0.1, 0.15) is 15.9 Å². The Balaban J connectivity index is 2.32. The molecule has 0 fully saturated rings. The van der Waals surface area contributed by atoms with E-state index < -0.39 is 11.7 Å². The molecule has 2 rings (SSSR count). The van der Waals surface area contributed by atoms with Gasteiger partial charge >= 0.3 is 0 Å². The number of aromatic hydroxyl groups is 1. The first-order valence-electron chi connectivity index (χ1n) is 5.64. The summed E-state index contributed by atoms with van der Waals surface area (Å²) in [5.41, 5.74) is 1.04. The Hall–Kier alpha value is -1.59. The van der Waals surface area contributed by atoms with Gasteiger partial charge in [0.15, 0.2) is 0 Å². The quantitative estimate of drug-likeness (QED) is 0.830. The summed E-state index contributed by atoms with van der Waals surface area (Å²) in [6.07, 6.45) is 0. The van der Waals surface area contributed by atoms with Gasteiger partial charge < -0.3 is 10.4 Å². The van der Waals surface area contributed by atoms with Gasteiger partial charge in [0.25, 0.3) is 5.91 Å². The Morgan fingerprint density at radius 2 is 2.05 bits per heavy atom. The van der Waals surface area contributed by atoms with Gasteiger partial charge in [-0.2, -0.15) is 0 Å². The SMILES string of the molecule is Cc1cc(Br)c(F)cc1NC(=O)c1cc(Cl)ccc1O. The van der Waals surface area contributed by atoms with E-state index in [0.717, 1.165) is 0 Å². The number of phenolic OH excluding ortho intramolecular Hbond substituents is 1. The van der Waals surface area contributed by atoms with E-state index in [-0.39, 0.29) is 11.3 Å².